The molecule has 0 heterocycles. The molecule has 0 aromatic heterocycles. The molecule has 0 bridgehead atoms. The molecule has 0 fully saturated rings. The molecule has 1 N–H and O–H groups in total. The Balaban J connectivity index is 2.53. The first-order valence-corrected chi connectivity index (χ1v) is 5.87. The molecule has 0 unspecified atom stereocenters. The highest BCUT2D eigenvalue weighted by atomic mass is 79.9. The van der Waals surface area contributed by atoms with Gasteiger partial charge in [0.2, 0.25) is 0 Å². The van der Waals surface area contributed by atoms with Gasteiger partial charge in [0.25, 0.3) is 0 Å². The fraction of sp³-hybridized carbons (Fsp3) is 0.500. The van der Waals surface area contributed by atoms with Crippen LogP contribution in [-0.4, -0.2) is 18.3 Å². The Morgan fingerprint density at radius 1 is 1.44 bits per heavy atom. The first-order chi connectivity index (χ1) is 7.46. The average molecular weight is 291 g/mol. The summed E-state index contributed by atoms with van der Waals surface area (Å²) in [7, 11) is 0. The van der Waals surface area contributed by atoms with Crippen LogP contribution in [-0.2, 0) is 11.3 Å². The summed E-state index contributed by atoms with van der Waals surface area (Å²) >= 11 is 3.17. The minimum absolute atomic E-state index is 0.0668. The molecule has 4 heteroatoms. The van der Waals surface area contributed by atoms with Gasteiger partial charge in [0.05, 0.1) is 24.3 Å². The van der Waals surface area contributed by atoms with Crippen LogP contribution in [0.5, 0.6) is 0 Å². The Hall–Kier alpha value is -0.450. The smallest absolute Gasteiger partial charge is 0.137 e. The van der Waals surface area contributed by atoms with Gasteiger partial charge in [0.1, 0.15) is 5.82 Å². The predicted octanol–water partition coefficient (Wildman–Crippen LogP) is 3.12. The van der Waals surface area contributed by atoms with Crippen LogP contribution >= 0.6 is 15.9 Å². The van der Waals surface area contributed by atoms with Crippen molar-refractivity contribution in [1.82, 2.24) is 0 Å². The lowest BCUT2D eigenvalue weighted by atomic mass is 9.97. The van der Waals surface area contributed by atoms with Crippen molar-refractivity contribution in [2.45, 2.75) is 20.5 Å². The SMILES string of the molecule is CC(C)(CO)COCc1cccc(F)c1Br. The molecule has 0 aliphatic rings. The van der Waals surface area contributed by atoms with Crippen molar-refractivity contribution < 1.29 is 14.2 Å². The van der Waals surface area contributed by atoms with E-state index in [0.717, 1.165) is 5.56 Å². The summed E-state index contributed by atoms with van der Waals surface area (Å²) in [4.78, 5) is 0. The highest BCUT2D eigenvalue weighted by Crippen LogP contribution is 2.22. The van der Waals surface area contributed by atoms with Crippen molar-refractivity contribution >= 4 is 15.9 Å². The number of rotatable bonds is 5. The van der Waals surface area contributed by atoms with Crippen molar-refractivity contribution in [1.29, 1.82) is 0 Å². The topological polar surface area (TPSA) is 29.5 Å². The van der Waals surface area contributed by atoms with E-state index in [4.69, 9.17) is 9.84 Å². The van der Waals surface area contributed by atoms with Crippen LogP contribution in [0.15, 0.2) is 22.7 Å². The van der Waals surface area contributed by atoms with Gasteiger partial charge in [-0.15, -0.1) is 0 Å². The van der Waals surface area contributed by atoms with Gasteiger partial charge in [-0.05, 0) is 27.6 Å². The van der Waals surface area contributed by atoms with Crippen molar-refractivity contribution in [3.05, 3.63) is 34.1 Å². The van der Waals surface area contributed by atoms with E-state index in [-0.39, 0.29) is 17.8 Å². The lowest BCUT2D eigenvalue weighted by molar-refractivity contribution is 0.0195. The first-order valence-electron chi connectivity index (χ1n) is 5.08. The summed E-state index contributed by atoms with van der Waals surface area (Å²) < 4.78 is 19.1. The molecule has 1 rings (SSSR count). The molecule has 2 nitrogen and oxygen atoms in total. The minimum atomic E-state index is -0.289. The zero-order valence-electron chi connectivity index (χ0n) is 9.46. The van der Waals surface area contributed by atoms with Gasteiger partial charge in [-0.1, -0.05) is 26.0 Å². The van der Waals surface area contributed by atoms with E-state index in [0.29, 0.717) is 17.7 Å². The molecule has 0 amide bonds. The van der Waals surface area contributed by atoms with Gasteiger partial charge in [-0.3, -0.25) is 0 Å². The van der Waals surface area contributed by atoms with Crippen LogP contribution in [0.3, 0.4) is 0 Å². The van der Waals surface area contributed by atoms with Crippen LogP contribution < -0.4 is 0 Å². The first kappa shape index (κ1) is 13.6. The zero-order valence-corrected chi connectivity index (χ0v) is 11.1. The van der Waals surface area contributed by atoms with Gasteiger partial charge in [-0.2, -0.15) is 0 Å². The van der Waals surface area contributed by atoms with E-state index >= 15 is 0 Å². The largest absolute Gasteiger partial charge is 0.396 e. The Morgan fingerprint density at radius 2 is 2.12 bits per heavy atom. The molecule has 1 aromatic rings. The number of ether oxygens (including phenoxy) is 1. The fourth-order valence-corrected chi connectivity index (χ4v) is 1.52. The standard InChI is InChI=1S/C12H16BrFO2/c1-12(2,7-15)8-16-6-9-4-3-5-10(14)11(9)13/h3-5,15H,6-8H2,1-2H3. The number of aliphatic hydroxyl groups is 1. The van der Waals surface area contributed by atoms with Crippen LogP contribution in [0.25, 0.3) is 0 Å². The number of halogens is 2. The maximum Gasteiger partial charge on any atom is 0.137 e. The molecule has 0 aliphatic heterocycles. The van der Waals surface area contributed by atoms with Crippen LogP contribution in [0.4, 0.5) is 4.39 Å². The second kappa shape index (κ2) is 5.75. The molecule has 0 saturated carbocycles. The molecule has 0 aliphatic carbocycles. The minimum Gasteiger partial charge on any atom is -0.396 e. The van der Waals surface area contributed by atoms with Crippen molar-refractivity contribution in [2.24, 2.45) is 5.41 Å². The lowest BCUT2D eigenvalue weighted by Gasteiger charge is -2.21. The molecular weight excluding hydrogens is 275 g/mol. The Morgan fingerprint density at radius 3 is 2.75 bits per heavy atom. The van der Waals surface area contributed by atoms with E-state index in [9.17, 15) is 4.39 Å². The Bertz CT molecular complexity index is 353. The lowest BCUT2D eigenvalue weighted by Crippen LogP contribution is -2.23. The van der Waals surface area contributed by atoms with Gasteiger partial charge >= 0.3 is 0 Å². The van der Waals surface area contributed by atoms with E-state index in [1.54, 1.807) is 12.1 Å². The normalized spacial score (nSPS) is 11.8. The summed E-state index contributed by atoms with van der Waals surface area (Å²) in [5.74, 6) is -0.289. The molecule has 90 valence electrons. The van der Waals surface area contributed by atoms with Gasteiger partial charge < -0.3 is 9.84 Å². The number of hydrogen-bond acceptors (Lipinski definition) is 2. The second-order valence-corrected chi connectivity index (χ2v) is 5.32. The molecule has 16 heavy (non-hydrogen) atoms. The van der Waals surface area contributed by atoms with Gasteiger partial charge in [-0.25, -0.2) is 4.39 Å². The quantitative estimate of drug-likeness (QED) is 0.903. The van der Waals surface area contributed by atoms with Crippen molar-refractivity contribution in [3.63, 3.8) is 0 Å². The predicted molar refractivity (Wildman–Crippen MR) is 64.6 cm³/mol. The third-order valence-corrected chi connectivity index (χ3v) is 3.10. The molecule has 1 aromatic carbocycles. The average Bonchev–Trinajstić information content (AvgIpc) is 2.24. The van der Waals surface area contributed by atoms with Crippen LogP contribution in [0.1, 0.15) is 19.4 Å². The molecule has 0 radical (unpaired) electrons. The van der Waals surface area contributed by atoms with Crippen molar-refractivity contribution in [3.8, 4) is 0 Å². The summed E-state index contributed by atoms with van der Waals surface area (Å²) in [5, 5.41) is 9.04. The van der Waals surface area contributed by atoms with Crippen LogP contribution in [0.2, 0.25) is 0 Å². The highest BCUT2D eigenvalue weighted by molar-refractivity contribution is 9.10. The van der Waals surface area contributed by atoms with E-state index in [1.165, 1.54) is 6.07 Å². The Kier molecular flexibility index (Phi) is 4.89. The van der Waals surface area contributed by atoms with Crippen LogP contribution in [0, 0.1) is 11.2 Å². The third kappa shape index (κ3) is 3.85. The monoisotopic (exact) mass is 290 g/mol. The number of hydrogen-bond donors (Lipinski definition) is 1. The maximum absolute atomic E-state index is 13.2. The zero-order chi connectivity index (χ0) is 12.2. The van der Waals surface area contributed by atoms with Gasteiger partial charge in [0, 0.05) is 5.41 Å². The number of aliphatic hydroxyl groups excluding tert-OH is 1. The summed E-state index contributed by atoms with van der Waals surface area (Å²) in [6, 6.07) is 4.85. The van der Waals surface area contributed by atoms with E-state index in [1.807, 2.05) is 13.8 Å². The fourth-order valence-electron chi connectivity index (χ4n) is 1.14. The summed E-state index contributed by atoms with van der Waals surface area (Å²) in [6.07, 6.45) is 0. The number of benzene rings is 1. The molecule has 0 spiro atoms. The molecule has 0 saturated heterocycles. The second-order valence-electron chi connectivity index (χ2n) is 4.53. The Labute approximate surface area is 104 Å². The highest BCUT2D eigenvalue weighted by Gasteiger charge is 2.16. The van der Waals surface area contributed by atoms with E-state index < -0.39 is 0 Å². The summed E-state index contributed by atoms with van der Waals surface area (Å²) in [5.41, 5.74) is 0.508. The summed E-state index contributed by atoms with van der Waals surface area (Å²) in [6.45, 7) is 4.66. The van der Waals surface area contributed by atoms with Crippen molar-refractivity contribution in [2.75, 3.05) is 13.2 Å². The molecule has 0 atom stereocenters. The van der Waals surface area contributed by atoms with E-state index in [2.05, 4.69) is 15.9 Å². The molecular formula is C12H16BrFO2. The third-order valence-electron chi connectivity index (χ3n) is 2.21. The van der Waals surface area contributed by atoms with Gasteiger partial charge in [0.15, 0.2) is 0 Å². The maximum atomic E-state index is 13.2.